The fourth-order valence-corrected chi connectivity index (χ4v) is 5.91. The average molecular weight is 554 g/mol. The van der Waals surface area contributed by atoms with E-state index in [1.807, 2.05) is 19.9 Å². The minimum absolute atomic E-state index is 0.0139. The van der Waals surface area contributed by atoms with Crippen molar-refractivity contribution >= 4 is 27.5 Å². The van der Waals surface area contributed by atoms with Crippen molar-refractivity contribution in [1.82, 2.24) is 10.2 Å². The molecule has 9 heteroatoms. The van der Waals surface area contributed by atoms with Crippen molar-refractivity contribution in [3.8, 4) is 0 Å². The van der Waals surface area contributed by atoms with E-state index in [9.17, 15) is 22.4 Å². The summed E-state index contributed by atoms with van der Waals surface area (Å²) >= 11 is 0. The van der Waals surface area contributed by atoms with Crippen LogP contribution in [0.25, 0.3) is 0 Å². The van der Waals surface area contributed by atoms with Crippen LogP contribution in [0.15, 0.2) is 71.6 Å². The second kappa shape index (κ2) is 12.9. The Hall–Kier alpha value is -3.72. The first-order valence-electron chi connectivity index (χ1n) is 13.0. The fourth-order valence-electron chi connectivity index (χ4n) is 4.43. The SMILES string of the molecule is CCNC(=O)[C@@H](CC)N(Cc1ccc(F)cc1)C(=O)CN(c1ccc(C)cc1C)S(=O)(=O)c1ccc(C)cc1. The van der Waals surface area contributed by atoms with Crippen molar-refractivity contribution in [2.75, 3.05) is 17.4 Å². The second-order valence-electron chi connectivity index (χ2n) is 9.58. The molecule has 1 atom stereocenters. The monoisotopic (exact) mass is 553 g/mol. The number of anilines is 1. The summed E-state index contributed by atoms with van der Waals surface area (Å²) in [6.45, 7) is 9.01. The summed E-state index contributed by atoms with van der Waals surface area (Å²) in [6, 6.07) is 16.6. The molecule has 2 amide bonds. The highest BCUT2D eigenvalue weighted by Gasteiger charge is 2.34. The van der Waals surface area contributed by atoms with Gasteiger partial charge in [0, 0.05) is 13.1 Å². The zero-order valence-corrected chi connectivity index (χ0v) is 23.9. The van der Waals surface area contributed by atoms with Gasteiger partial charge in [-0.05, 0) is 75.6 Å². The van der Waals surface area contributed by atoms with E-state index >= 15 is 0 Å². The van der Waals surface area contributed by atoms with E-state index in [1.54, 1.807) is 57.2 Å². The topological polar surface area (TPSA) is 86.8 Å². The molecule has 0 saturated carbocycles. The zero-order valence-electron chi connectivity index (χ0n) is 23.1. The third-order valence-electron chi connectivity index (χ3n) is 6.51. The van der Waals surface area contributed by atoms with Gasteiger partial charge in [-0.2, -0.15) is 0 Å². The molecule has 0 aromatic heterocycles. The summed E-state index contributed by atoms with van der Waals surface area (Å²) in [5.41, 5.74) is 3.55. The van der Waals surface area contributed by atoms with Crippen molar-refractivity contribution < 1.29 is 22.4 Å². The van der Waals surface area contributed by atoms with Crippen LogP contribution in [0.4, 0.5) is 10.1 Å². The number of carbonyl (C=O) groups is 2. The molecule has 0 bridgehead atoms. The molecule has 3 aromatic carbocycles. The van der Waals surface area contributed by atoms with Gasteiger partial charge in [0.15, 0.2) is 0 Å². The number of rotatable bonds is 11. The number of nitrogens with zero attached hydrogens (tertiary/aromatic N) is 2. The third-order valence-corrected chi connectivity index (χ3v) is 8.29. The molecule has 1 N–H and O–H groups in total. The third kappa shape index (κ3) is 7.23. The predicted molar refractivity (Wildman–Crippen MR) is 151 cm³/mol. The van der Waals surface area contributed by atoms with Gasteiger partial charge in [0.2, 0.25) is 11.8 Å². The highest BCUT2D eigenvalue weighted by molar-refractivity contribution is 7.92. The van der Waals surface area contributed by atoms with Crippen molar-refractivity contribution in [3.05, 3.63) is 94.8 Å². The number of sulfonamides is 1. The zero-order chi connectivity index (χ0) is 28.7. The largest absolute Gasteiger partial charge is 0.355 e. The molecule has 0 fully saturated rings. The quantitative estimate of drug-likeness (QED) is 0.366. The Kier molecular flexibility index (Phi) is 9.86. The molecule has 0 radical (unpaired) electrons. The van der Waals surface area contributed by atoms with Crippen molar-refractivity contribution in [2.24, 2.45) is 0 Å². The smallest absolute Gasteiger partial charge is 0.264 e. The molecule has 0 unspecified atom stereocenters. The van der Waals surface area contributed by atoms with Gasteiger partial charge >= 0.3 is 0 Å². The van der Waals surface area contributed by atoms with Crippen molar-refractivity contribution in [2.45, 2.75) is 58.5 Å². The van der Waals surface area contributed by atoms with Crippen LogP contribution in [-0.2, 0) is 26.2 Å². The summed E-state index contributed by atoms with van der Waals surface area (Å²) in [5, 5.41) is 2.76. The fraction of sp³-hybridized carbons (Fsp3) is 0.333. The standard InChI is InChI=1S/C30H36FN3O4S/c1-6-27(30(36)32-7-2)33(19-24-11-13-25(31)14-12-24)29(35)20-34(28-17-10-22(4)18-23(28)5)39(37,38)26-15-8-21(3)9-16-26/h8-18,27H,6-7,19-20H2,1-5H3,(H,32,36)/t27-/m1/s1. The molecule has 0 spiro atoms. The maximum atomic E-state index is 14.0. The van der Waals surface area contributed by atoms with Gasteiger partial charge in [-0.3, -0.25) is 13.9 Å². The van der Waals surface area contributed by atoms with Crippen molar-refractivity contribution in [3.63, 3.8) is 0 Å². The molecule has 3 aromatic rings. The predicted octanol–water partition coefficient (Wildman–Crippen LogP) is 4.89. The molecule has 208 valence electrons. The molecule has 0 aliphatic carbocycles. The summed E-state index contributed by atoms with van der Waals surface area (Å²) in [6.07, 6.45) is 0.313. The lowest BCUT2D eigenvalue weighted by Crippen LogP contribution is -2.52. The Morgan fingerprint density at radius 1 is 0.897 bits per heavy atom. The highest BCUT2D eigenvalue weighted by atomic mass is 32.2. The summed E-state index contributed by atoms with van der Waals surface area (Å²) < 4.78 is 42.6. The Morgan fingerprint density at radius 2 is 1.51 bits per heavy atom. The first-order chi connectivity index (χ1) is 18.5. The van der Waals surface area contributed by atoms with E-state index in [-0.39, 0.29) is 17.3 Å². The first-order valence-corrected chi connectivity index (χ1v) is 14.4. The molecule has 0 heterocycles. The Bertz CT molecular complexity index is 1410. The van der Waals surface area contributed by atoms with Crippen LogP contribution in [-0.4, -0.2) is 44.3 Å². The van der Waals surface area contributed by atoms with E-state index in [4.69, 9.17) is 0 Å². The summed E-state index contributed by atoms with van der Waals surface area (Å²) in [7, 11) is -4.14. The number of amides is 2. The normalized spacial score (nSPS) is 12.1. The van der Waals surface area contributed by atoms with Gasteiger partial charge in [-0.15, -0.1) is 0 Å². The van der Waals surface area contributed by atoms with Crippen LogP contribution < -0.4 is 9.62 Å². The number of carbonyl (C=O) groups excluding carboxylic acids is 2. The van der Waals surface area contributed by atoms with Gasteiger partial charge in [0.1, 0.15) is 18.4 Å². The number of likely N-dealkylation sites (N-methyl/N-ethyl adjacent to an activating group) is 1. The van der Waals surface area contributed by atoms with E-state index in [0.717, 1.165) is 15.4 Å². The van der Waals surface area contributed by atoms with E-state index in [0.29, 0.717) is 29.8 Å². The van der Waals surface area contributed by atoms with Crippen LogP contribution in [0, 0.1) is 26.6 Å². The van der Waals surface area contributed by atoms with Crippen LogP contribution in [0.2, 0.25) is 0 Å². The van der Waals surface area contributed by atoms with Crippen LogP contribution in [0.3, 0.4) is 0 Å². The summed E-state index contributed by atoms with van der Waals surface area (Å²) in [4.78, 5) is 28.4. The molecule has 3 rings (SSSR count). The lowest BCUT2D eigenvalue weighted by atomic mass is 10.1. The van der Waals surface area contributed by atoms with E-state index < -0.39 is 34.3 Å². The number of halogens is 1. The van der Waals surface area contributed by atoms with Gasteiger partial charge in [-0.1, -0.05) is 54.4 Å². The minimum Gasteiger partial charge on any atom is -0.355 e. The number of benzene rings is 3. The molecule has 39 heavy (non-hydrogen) atoms. The lowest BCUT2D eigenvalue weighted by Gasteiger charge is -2.33. The average Bonchev–Trinajstić information content (AvgIpc) is 2.89. The van der Waals surface area contributed by atoms with Gasteiger partial charge < -0.3 is 10.2 Å². The molecule has 0 aliphatic heterocycles. The van der Waals surface area contributed by atoms with Crippen molar-refractivity contribution in [1.29, 1.82) is 0 Å². The number of nitrogens with one attached hydrogen (secondary N) is 1. The van der Waals surface area contributed by atoms with E-state index in [2.05, 4.69) is 5.32 Å². The number of hydrogen-bond donors (Lipinski definition) is 1. The molecule has 0 aliphatic rings. The Labute approximate surface area is 230 Å². The molecule has 0 saturated heterocycles. The van der Waals surface area contributed by atoms with Crippen LogP contribution in [0.5, 0.6) is 0 Å². The Morgan fingerprint density at radius 3 is 2.08 bits per heavy atom. The van der Waals surface area contributed by atoms with E-state index in [1.165, 1.54) is 29.2 Å². The highest BCUT2D eigenvalue weighted by Crippen LogP contribution is 2.28. The summed E-state index contributed by atoms with van der Waals surface area (Å²) in [5.74, 6) is -1.30. The molecular weight excluding hydrogens is 517 g/mol. The Balaban J connectivity index is 2.09. The molecular formula is C30H36FN3O4S. The minimum atomic E-state index is -4.14. The second-order valence-corrected chi connectivity index (χ2v) is 11.4. The van der Waals surface area contributed by atoms with Crippen LogP contribution >= 0.6 is 0 Å². The number of aryl methyl sites for hydroxylation is 3. The van der Waals surface area contributed by atoms with Crippen LogP contribution in [0.1, 0.15) is 42.5 Å². The first kappa shape index (κ1) is 29.8. The maximum absolute atomic E-state index is 14.0. The lowest BCUT2D eigenvalue weighted by molar-refractivity contribution is -0.140. The number of hydrogen-bond acceptors (Lipinski definition) is 4. The molecule has 7 nitrogen and oxygen atoms in total. The van der Waals surface area contributed by atoms with Gasteiger partial charge in [-0.25, -0.2) is 12.8 Å². The van der Waals surface area contributed by atoms with Gasteiger partial charge in [0.05, 0.1) is 10.6 Å². The maximum Gasteiger partial charge on any atom is 0.264 e. The van der Waals surface area contributed by atoms with Gasteiger partial charge in [0.25, 0.3) is 10.0 Å².